The van der Waals surface area contributed by atoms with Gasteiger partial charge in [-0.15, -0.1) is 24.0 Å². The van der Waals surface area contributed by atoms with Crippen molar-refractivity contribution in [2.75, 3.05) is 19.8 Å². The molecule has 0 spiro atoms. The normalized spacial score (nSPS) is 18.6. The molecule has 164 valence electrons. The van der Waals surface area contributed by atoms with E-state index in [-0.39, 0.29) is 24.0 Å². The minimum absolute atomic E-state index is 0. The maximum Gasteiger partial charge on any atom is 0.191 e. The van der Waals surface area contributed by atoms with Crippen LogP contribution in [0.3, 0.4) is 0 Å². The lowest BCUT2D eigenvalue weighted by Crippen LogP contribution is -2.39. The second-order valence-corrected chi connectivity index (χ2v) is 10.1. The number of aliphatic imine (C=N–C) groups is 1. The predicted octanol–water partition coefficient (Wildman–Crippen LogP) is 4.10. The zero-order valence-corrected chi connectivity index (χ0v) is 21.2. The maximum atomic E-state index is 11.5. The SMILES string of the molecule is CN=C(NCCc1ccc(S(C)(=O)=O)cc1)NC1CC1c1ccc(C(C)C)cc1.I. The second-order valence-electron chi connectivity index (χ2n) is 8.08. The Kier molecular flexibility index (Phi) is 8.73. The molecule has 2 atom stereocenters. The largest absolute Gasteiger partial charge is 0.356 e. The molecule has 0 saturated heterocycles. The van der Waals surface area contributed by atoms with Gasteiger partial charge in [-0.25, -0.2) is 8.42 Å². The summed E-state index contributed by atoms with van der Waals surface area (Å²) < 4.78 is 23.1. The summed E-state index contributed by atoms with van der Waals surface area (Å²) >= 11 is 0. The van der Waals surface area contributed by atoms with Crippen molar-refractivity contribution in [3.8, 4) is 0 Å². The van der Waals surface area contributed by atoms with Crippen molar-refractivity contribution in [2.45, 2.75) is 49.5 Å². The van der Waals surface area contributed by atoms with Gasteiger partial charge in [-0.05, 0) is 47.6 Å². The molecule has 1 saturated carbocycles. The number of halogens is 1. The standard InChI is InChI=1S/C23H31N3O2S.HI/c1-16(2)18-7-9-19(10-8-18)21-15-22(21)26-23(24-3)25-14-13-17-5-11-20(12-6-17)29(4,27)28;/h5-12,16,21-22H,13-15H2,1-4H3,(H2,24,25,26);1H. The lowest BCUT2D eigenvalue weighted by Gasteiger charge is -2.12. The van der Waals surface area contributed by atoms with Gasteiger partial charge in [0.05, 0.1) is 4.90 Å². The monoisotopic (exact) mass is 541 g/mol. The molecule has 2 aromatic rings. The molecule has 1 aliphatic rings. The fourth-order valence-electron chi connectivity index (χ4n) is 3.45. The molecule has 1 aliphatic carbocycles. The first-order chi connectivity index (χ1) is 13.8. The number of sulfone groups is 1. The van der Waals surface area contributed by atoms with Crippen molar-refractivity contribution in [2.24, 2.45) is 4.99 Å². The molecule has 2 unspecified atom stereocenters. The highest BCUT2D eigenvalue weighted by Crippen LogP contribution is 2.41. The molecule has 1 fully saturated rings. The van der Waals surface area contributed by atoms with Gasteiger partial charge in [0.25, 0.3) is 0 Å². The lowest BCUT2D eigenvalue weighted by molar-refractivity contribution is 0.602. The first-order valence-electron chi connectivity index (χ1n) is 10.1. The number of benzene rings is 2. The van der Waals surface area contributed by atoms with Crippen molar-refractivity contribution in [3.63, 3.8) is 0 Å². The minimum atomic E-state index is -3.14. The third kappa shape index (κ3) is 6.70. The lowest BCUT2D eigenvalue weighted by atomic mass is 10.0. The topological polar surface area (TPSA) is 70.6 Å². The maximum absolute atomic E-state index is 11.5. The third-order valence-corrected chi connectivity index (χ3v) is 6.55. The van der Waals surface area contributed by atoms with E-state index in [1.165, 1.54) is 17.4 Å². The predicted molar refractivity (Wildman–Crippen MR) is 135 cm³/mol. The second kappa shape index (κ2) is 10.6. The average Bonchev–Trinajstić information content (AvgIpc) is 3.46. The van der Waals surface area contributed by atoms with Crippen LogP contribution in [-0.2, 0) is 16.3 Å². The quantitative estimate of drug-likeness (QED) is 0.315. The summed E-state index contributed by atoms with van der Waals surface area (Å²) in [6.07, 6.45) is 3.15. The van der Waals surface area contributed by atoms with Gasteiger partial charge in [-0.2, -0.15) is 0 Å². The van der Waals surface area contributed by atoms with Crippen LogP contribution in [0.25, 0.3) is 0 Å². The zero-order chi connectivity index (χ0) is 21.0. The summed E-state index contributed by atoms with van der Waals surface area (Å²) in [5, 5.41) is 6.85. The summed E-state index contributed by atoms with van der Waals surface area (Å²) in [4.78, 5) is 4.68. The summed E-state index contributed by atoms with van der Waals surface area (Å²) in [6, 6.07) is 16.4. The Morgan fingerprint density at radius 3 is 2.27 bits per heavy atom. The summed E-state index contributed by atoms with van der Waals surface area (Å²) in [6.45, 7) is 5.16. The highest BCUT2D eigenvalue weighted by atomic mass is 127. The van der Waals surface area contributed by atoms with Gasteiger partial charge >= 0.3 is 0 Å². The Morgan fingerprint density at radius 2 is 1.73 bits per heavy atom. The van der Waals surface area contributed by atoms with E-state index < -0.39 is 9.84 Å². The smallest absolute Gasteiger partial charge is 0.191 e. The number of nitrogens with zero attached hydrogens (tertiary/aromatic N) is 1. The third-order valence-electron chi connectivity index (χ3n) is 5.43. The summed E-state index contributed by atoms with van der Waals surface area (Å²) in [7, 11) is -1.36. The van der Waals surface area contributed by atoms with Crippen LogP contribution in [0.2, 0.25) is 0 Å². The van der Waals surface area contributed by atoms with Crippen LogP contribution >= 0.6 is 24.0 Å². The van der Waals surface area contributed by atoms with Crippen molar-refractivity contribution in [1.29, 1.82) is 0 Å². The molecule has 30 heavy (non-hydrogen) atoms. The van der Waals surface area contributed by atoms with Crippen molar-refractivity contribution in [1.82, 2.24) is 10.6 Å². The van der Waals surface area contributed by atoms with E-state index in [2.05, 4.69) is 53.7 Å². The van der Waals surface area contributed by atoms with Gasteiger partial charge in [0.1, 0.15) is 0 Å². The van der Waals surface area contributed by atoms with E-state index in [4.69, 9.17) is 0 Å². The van der Waals surface area contributed by atoms with Gasteiger partial charge in [-0.1, -0.05) is 50.2 Å². The van der Waals surface area contributed by atoms with Crippen LogP contribution in [0.5, 0.6) is 0 Å². The first kappa shape index (κ1) is 24.7. The molecule has 7 heteroatoms. The van der Waals surface area contributed by atoms with Crippen LogP contribution in [0.4, 0.5) is 0 Å². The minimum Gasteiger partial charge on any atom is -0.356 e. The van der Waals surface area contributed by atoms with E-state index in [1.54, 1.807) is 19.2 Å². The average molecular weight is 541 g/mol. The molecule has 0 heterocycles. The number of guanidine groups is 1. The molecular formula is C23H32IN3O2S. The molecule has 2 aromatic carbocycles. The molecule has 0 bridgehead atoms. The molecule has 2 N–H and O–H groups in total. The summed E-state index contributed by atoms with van der Waals surface area (Å²) in [5.74, 6) is 1.91. The van der Waals surface area contributed by atoms with Crippen molar-refractivity contribution < 1.29 is 8.42 Å². The highest BCUT2D eigenvalue weighted by Gasteiger charge is 2.38. The highest BCUT2D eigenvalue weighted by molar-refractivity contribution is 14.0. The Bertz CT molecular complexity index is 955. The molecule has 5 nitrogen and oxygen atoms in total. The zero-order valence-electron chi connectivity index (χ0n) is 18.1. The van der Waals surface area contributed by atoms with Gasteiger partial charge in [-0.3, -0.25) is 4.99 Å². The molecule has 3 rings (SSSR count). The Morgan fingerprint density at radius 1 is 1.10 bits per heavy atom. The molecular weight excluding hydrogens is 509 g/mol. The van der Waals surface area contributed by atoms with Crippen molar-refractivity contribution in [3.05, 3.63) is 65.2 Å². The molecule has 0 aromatic heterocycles. The molecule has 0 radical (unpaired) electrons. The van der Waals surface area contributed by atoms with Gasteiger partial charge in [0.2, 0.25) is 0 Å². The number of rotatable bonds is 7. The molecule has 0 amide bonds. The number of hydrogen-bond acceptors (Lipinski definition) is 3. The fourth-order valence-corrected chi connectivity index (χ4v) is 4.08. The summed E-state index contributed by atoms with van der Waals surface area (Å²) in [5.41, 5.74) is 3.85. The van der Waals surface area contributed by atoms with E-state index in [9.17, 15) is 8.42 Å². The van der Waals surface area contributed by atoms with Crippen molar-refractivity contribution >= 4 is 39.8 Å². The Balaban J connectivity index is 0.00000320. The van der Waals surface area contributed by atoms with Crippen LogP contribution < -0.4 is 10.6 Å². The number of hydrogen-bond donors (Lipinski definition) is 2. The Labute approximate surface area is 197 Å². The first-order valence-corrected chi connectivity index (χ1v) is 12.0. The van der Waals surface area contributed by atoms with E-state index in [0.717, 1.165) is 30.9 Å². The van der Waals surface area contributed by atoms with Crippen LogP contribution in [0.1, 0.15) is 48.8 Å². The van der Waals surface area contributed by atoms with Gasteiger partial charge in [0, 0.05) is 31.8 Å². The van der Waals surface area contributed by atoms with Crippen LogP contribution in [0, 0.1) is 0 Å². The van der Waals surface area contributed by atoms with Gasteiger partial charge < -0.3 is 10.6 Å². The van der Waals surface area contributed by atoms with E-state index in [0.29, 0.717) is 22.8 Å². The van der Waals surface area contributed by atoms with E-state index in [1.807, 2.05) is 12.1 Å². The Hall–Kier alpha value is -1.61. The van der Waals surface area contributed by atoms with Gasteiger partial charge in [0.15, 0.2) is 15.8 Å². The van der Waals surface area contributed by atoms with Crippen LogP contribution in [-0.4, -0.2) is 40.3 Å². The van der Waals surface area contributed by atoms with Crippen LogP contribution in [0.15, 0.2) is 58.4 Å². The fraction of sp³-hybridized carbons (Fsp3) is 0.435. The number of nitrogens with one attached hydrogen (secondary N) is 2. The van der Waals surface area contributed by atoms with E-state index >= 15 is 0 Å². The molecule has 0 aliphatic heterocycles.